The molecule has 1 aliphatic heterocycles. The summed E-state index contributed by atoms with van der Waals surface area (Å²) in [6, 6.07) is 15.3. The summed E-state index contributed by atoms with van der Waals surface area (Å²) in [5.74, 6) is -1.34. The monoisotopic (exact) mass is 537 g/mol. The molecule has 1 N–H and O–H groups in total. The van der Waals surface area contributed by atoms with Crippen LogP contribution < -0.4 is 5.32 Å². The molecular weight excluding hydrogens is 502 g/mol. The van der Waals surface area contributed by atoms with Crippen molar-refractivity contribution < 1.29 is 23.9 Å². The molecule has 0 spiro atoms. The minimum Gasteiger partial charge on any atom is -0.464 e. The lowest BCUT2D eigenvalue weighted by Crippen LogP contribution is -2.58. The Bertz CT molecular complexity index is 1170. The molecule has 2 aromatic rings. The highest BCUT2D eigenvalue weighted by Crippen LogP contribution is 2.44. The van der Waals surface area contributed by atoms with E-state index in [2.05, 4.69) is 34.7 Å². The van der Waals surface area contributed by atoms with Gasteiger partial charge in [-0.3, -0.25) is 4.79 Å². The van der Waals surface area contributed by atoms with Crippen molar-refractivity contribution in [2.24, 2.45) is 11.0 Å². The predicted octanol–water partition coefficient (Wildman–Crippen LogP) is 5.52. The van der Waals surface area contributed by atoms with E-state index >= 15 is 0 Å². The van der Waals surface area contributed by atoms with Crippen molar-refractivity contribution in [1.82, 2.24) is 10.3 Å². The molecule has 202 valence electrons. The molecule has 0 radical (unpaired) electrons. The third kappa shape index (κ3) is 5.29. The summed E-state index contributed by atoms with van der Waals surface area (Å²) < 4.78 is 11.0. The van der Waals surface area contributed by atoms with Crippen molar-refractivity contribution in [3.05, 3.63) is 59.7 Å². The number of nitrogens with one attached hydrogen (secondary N) is 1. The molecule has 9 heteroatoms. The Balaban J connectivity index is 1.48. The van der Waals surface area contributed by atoms with E-state index < -0.39 is 28.9 Å². The first-order valence-electron chi connectivity index (χ1n) is 13.2. The first-order valence-corrected chi connectivity index (χ1v) is 14.0. The highest BCUT2D eigenvalue weighted by molar-refractivity contribution is 8.14. The second kappa shape index (κ2) is 12.0. The number of hydrogen-bond donors (Lipinski definition) is 1. The van der Waals surface area contributed by atoms with Crippen molar-refractivity contribution in [2.75, 3.05) is 13.2 Å². The third-order valence-corrected chi connectivity index (χ3v) is 8.11. The molecule has 2 aromatic carbocycles. The summed E-state index contributed by atoms with van der Waals surface area (Å²) >= 11 is 1.17. The molecule has 2 unspecified atom stereocenters. The van der Waals surface area contributed by atoms with Crippen LogP contribution in [0.2, 0.25) is 0 Å². The topological polar surface area (TPSA) is 97.3 Å². The number of hydrogen-bond acceptors (Lipinski definition) is 7. The Morgan fingerprint density at radius 2 is 1.66 bits per heavy atom. The van der Waals surface area contributed by atoms with Crippen LogP contribution in [0.1, 0.15) is 64.0 Å². The van der Waals surface area contributed by atoms with Crippen LogP contribution in [0.5, 0.6) is 0 Å². The minimum atomic E-state index is -1.28. The van der Waals surface area contributed by atoms with Gasteiger partial charge in [0.25, 0.3) is 5.91 Å². The summed E-state index contributed by atoms with van der Waals surface area (Å²) in [7, 11) is 0. The largest absolute Gasteiger partial charge is 0.464 e. The molecule has 0 aromatic heterocycles. The Morgan fingerprint density at radius 3 is 2.24 bits per heavy atom. The fraction of sp³-hybridized carbons (Fsp3) is 0.448. The highest BCUT2D eigenvalue weighted by atomic mass is 32.2. The van der Waals surface area contributed by atoms with Gasteiger partial charge in [-0.1, -0.05) is 87.5 Å². The number of carbonyl (C=O) groups is 3. The number of hydrazone groups is 1. The summed E-state index contributed by atoms with van der Waals surface area (Å²) in [6.45, 7) is 7.74. The molecule has 0 fully saturated rings. The van der Waals surface area contributed by atoms with E-state index in [1.165, 1.54) is 22.3 Å². The van der Waals surface area contributed by atoms with Gasteiger partial charge in [0.15, 0.2) is 0 Å². The molecule has 0 saturated heterocycles. The van der Waals surface area contributed by atoms with Crippen molar-refractivity contribution >= 4 is 35.3 Å². The number of ether oxygens (including phenoxy) is 2. The zero-order valence-corrected chi connectivity index (χ0v) is 23.1. The summed E-state index contributed by atoms with van der Waals surface area (Å²) in [4.78, 5) is 38.5. The van der Waals surface area contributed by atoms with E-state index in [9.17, 15) is 14.4 Å². The average Bonchev–Trinajstić information content (AvgIpc) is 3.49. The van der Waals surface area contributed by atoms with Crippen LogP contribution in [0.25, 0.3) is 11.1 Å². The Hall–Kier alpha value is -3.33. The van der Waals surface area contributed by atoms with Crippen molar-refractivity contribution in [3.8, 4) is 11.1 Å². The summed E-state index contributed by atoms with van der Waals surface area (Å²) in [5, 5.41) is 8.18. The molecule has 1 heterocycles. The van der Waals surface area contributed by atoms with Gasteiger partial charge in [0.05, 0.1) is 12.2 Å². The van der Waals surface area contributed by atoms with Crippen molar-refractivity contribution in [2.45, 2.75) is 63.8 Å². The van der Waals surface area contributed by atoms with Crippen LogP contribution in [0, 0.1) is 5.92 Å². The molecule has 8 nitrogen and oxygen atoms in total. The van der Waals surface area contributed by atoms with E-state index in [-0.39, 0.29) is 25.0 Å². The summed E-state index contributed by atoms with van der Waals surface area (Å²) in [6.07, 6.45) is 1.26. The number of esters is 1. The normalized spacial score (nSPS) is 18.7. The number of benzene rings is 2. The lowest BCUT2D eigenvalue weighted by atomic mass is 9.98. The van der Waals surface area contributed by atoms with E-state index in [0.717, 1.165) is 28.7 Å². The van der Waals surface area contributed by atoms with Gasteiger partial charge in [0.2, 0.25) is 4.87 Å². The Kier molecular flexibility index (Phi) is 8.76. The Morgan fingerprint density at radius 1 is 1.03 bits per heavy atom. The van der Waals surface area contributed by atoms with Gasteiger partial charge in [0.1, 0.15) is 12.6 Å². The molecule has 0 saturated carbocycles. The maximum atomic E-state index is 13.7. The zero-order chi connectivity index (χ0) is 27.3. The van der Waals surface area contributed by atoms with Gasteiger partial charge in [0, 0.05) is 5.92 Å². The van der Waals surface area contributed by atoms with Gasteiger partial charge in [-0.25, -0.2) is 14.6 Å². The maximum absolute atomic E-state index is 13.7. The van der Waals surface area contributed by atoms with Crippen LogP contribution in [0.3, 0.4) is 0 Å². The van der Waals surface area contributed by atoms with Crippen molar-refractivity contribution in [1.29, 1.82) is 0 Å². The number of unbranched alkanes of at least 4 members (excludes halogenated alkanes) is 1. The van der Waals surface area contributed by atoms with Gasteiger partial charge in [-0.15, -0.1) is 0 Å². The zero-order valence-electron chi connectivity index (χ0n) is 22.3. The number of nitrogens with zero attached hydrogens (tertiary/aromatic N) is 2. The second-order valence-corrected chi connectivity index (χ2v) is 10.9. The predicted molar refractivity (Wildman–Crippen MR) is 149 cm³/mol. The lowest BCUT2D eigenvalue weighted by Gasteiger charge is -2.35. The maximum Gasteiger partial charge on any atom is 0.407 e. The van der Waals surface area contributed by atoms with Gasteiger partial charge >= 0.3 is 12.1 Å². The second-order valence-electron chi connectivity index (χ2n) is 9.79. The molecule has 2 atom stereocenters. The number of thioether (sulfide) groups is 1. The van der Waals surface area contributed by atoms with E-state index in [4.69, 9.17) is 9.47 Å². The fourth-order valence-electron chi connectivity index (χ4n) is 5.01. The molecule has 1 aliphatic carbocycles. The quantitative estimate of drug-likeness (QED) is 0.401. The van der Waals surface area contributed by atoms with Crippen LogP contribution >= 0.6 is 11.8 Å². The number of carbonyl (C=O) groups excluding carboxylic acids is 3. The van der Waals surface area contributed by atoms with Crippen molar-refractivity contribution in [3.63, 3.8) is 0 Å². The molecule has 2 amide bonds. The van der Waals surface area contributed by atoms with Crippen LogP contribution in [-0.4, -0.2) is 52.7 Å². The third-order valence-electron chi connectivity index (χ3n) is 6.97. The minimum absolute atomic E-state index is 0.0913. The first-order chi connectivity index (χ1) is 18.3. The van der Waals surface area contributed by atoms with Crippen LogP contribution in [0.15, 0.2) is 53.6 Å². The first kappa shape index (κ1) is 27.7. The standard InChI is InChI=1S/C29H35N3O5S/c1-5-7-16-29(27(34)36-6-2)32(30-18-38-29)26(33)25(19(3)4)31-28(35)37-17-24-22-14-10-8-12-20(22)21-13-9-11-15-23(21)24/h8-15,18-19,24-25H,5-7,16-17H2,1-4H3,(H,31,35). The van der Waals surface area contributed by atoms with Gasteiger partial charge in [-0.2, -0.15) is 5.10 Å². The lowest BCUT2D eigenvalue weighted by molar-refractivity contribution is -0.158. The molecule has 38 heavy (non-hydrogen) atoms. The van der Waals surface area contributed by atoms with Gasteiger partial charge in [-0.05, 0) is 47.9 Å². The Labute approximate surface area is 228 Å². The van der Waals surface area contributed by atoms with E-state index in [1.54, 1.807) is 6.92 Å². The molecule has 2 aliphatic rings. The molecule has 4 rings (SSSR count). The fourth-order valence-corrected chi connectivity index (χ4v) is 5.98. The smallest absolute Gasteiger partial charge is 0.407 e. The SMILES string of the molecule is CCCCC1(C(=O)OCC)SC=NN1C(=O)C(NC(=O)OCC1c2ccccc2-c2ccccc21)C(C)C. The van der Waals surface area contributed by atoms with E-state index in [0.29, 0.717) is 12.8 Å². The number of fused-ring (bicyclic) bond motifs is 3. The van der Waals surface area contributed by atoms with Crippen LogP contribution in [-0.2, 0) is 19.1 Å². The molecular formula is C29H35N3O5S. The highest BCUT2D eigenvalue weighted by Gasteiger charge is 2.53. The molecule has 0 bridgehead atoms. The number of rotatable bonds is 10. The van der Waals surface area contributed by atoms with E-state index in [1.807, 2.05) is 45.0 Å². The average molecular weight is 538 g/mol. The summed E-state index contributed by atoms with van der Waals surface area (Å²) in [5.41, 5.74) is 5.99. The number of amides is 2. The van der Waals surface area contributed by atoms with Crippen LogP contribution in [0.4, 0.5) is 4.79 Å². The number of alkyl carbamates (subject to hydrolysis) is 1. The van der Waals surface area contributed by atoms with Gasteiger partial charge < -0.3 is 14.8 Å².